The summed E-state index contributed by atoms with van der Waals surface area (Å²) in [7, 11) is -2.79. The van der Waals surface area contributed by atoms with Crippen LogP contribution in [0.3, 0.4) is 0 Å². The smallest absolute Gasteiger partial charge is 0.332 e. The van der Waals surface area contributed by atoms with E-state index in [1.54, 1.807) is 0 Å². The highest BCUT2D eigenvalue weighted by Gasteiger charge is 2.24. The monoisotopic (exact) mass is 387 g/mol. The molecule has 0 bridgehead atoms. The standard InChI is InChI=1S/C22H49NO2Si/c1-2-26(24,25)22-20-18-16-14-12-10-8-6-4-3-5-7-9-11-13-15-17-19-21-23/h24-25H,2-23H2,1H3. The molecule has 0 heterocycles. The van der Waals surface area contributed by atoms with Gasteiger partial charge in [-0.1, -0.05) is 116 Å². The van der Waals surface area contributed by atoms with Gasteiger partial charge in [-0.25, -0.2) is 0 Å². The number of nitrogens with two attached hydrogens (primary N) is 1. The lowest BCUT2D eigenvalue weighted by Crippen LogP contribution is -2.32. The minimum absolute atomic E-state index is 0.572. The molecular formula is C22H49NO2Si. The summed E-state index contributed by atoms with van der Waals surface area (Å²) in [4.78, 5) is 19.3. The highest BCUT2D eigenvalue weighted by Crippen LogP contribution is 2.16. The Labute approximate surface area is 165 Å². The van der Waals surface area contributed by atoms with Crippen LogP contribution in [0.25, 0.3) is 0 Å². The largest absolute Gasteiger partial charge is 0.411 e. The van der Waals surface area contributed by atoms with E-state index in [0.717, 1.165) is 13.0 Å². The van der Waals surface area contributed by atoms with Crippen LogP contribution in [0.1, 0.15) is 122 Å². The van der Waals surface area contributed by atoms with Crippen LogP contribution in [-0.2, 0) is 0 Å². The Morgan fingerprint density at radius 1 is 0.500 bits per heavy atom. The first-order valence-electron chi connectivity index (χ1n) is 11.8. The molecule has 0 unspecified atom stereocenters. The van der Waals surface area contributed by atoms with E-state index in [0.29, 0.717) is 12.1 Å². The molecule has 0 saturated heterocycles. The summed E-state index contributed by atoms with van der Waals surface area (Å²) in [5.41, 5.74) is 5.50. The van der Waals surface area contributed by atoms with E-state index in [9.17, 15) is 9.59 Å². The Kier molecular flexibility index (Phi) is 19.9. The number of hydrogen-bond donors (Lipinski definition) is 3. The van der Waals surface area contributed by atoms with Gasteiger partial charge in [0.25, 0.3) is 0 Å². The first-order chi connectivity index (χ1) is 12.6. The topological polar surface area (TPSA) is 66.5 Å². The fraction of sp³-hybridized carbons (Fsp3) is 1.00. The van der Waals surface area contributed by atoms with Gasteiger partial charge in [-0.15, -0.1) is 0 Å². The summed E-state index contributed by atoms with van der Waals surface area (Å²) < 4.78 is 0. The Bertz CT molecular complexity index is 275. The van der Waals surface area contributed by atoms with Crippen molar-refractivity contribution in [2.45, 2.75) is 135 Å². The Balaban J connectivity index is 3.05. The van der Waals surface area contributed by atoms with Gasteiger partial charge in [-0.3, -0.25) is 0 Å². The number of unbranched alkanes of at least 4 members (excludes halogenated alkanes) is 17. The van der Waals surface area contributed by atoms with Gasteiger partial charge in [0.05, 0.1) is 0 Å². The van der Waals surface area contributed by atoms with Crippen molar-refractivity contribution in [3.8, 4) is 0 Å². The van der Waals surface area contributed by atoms with Crippen molar-refractivity contribution in [1.82, 2.24) is 0 Å². The van der Waals surface area contributed by atoms with E-state index < -0.39 is 8.56 Å². The van der Waals surface area contributed by atoms with E-state index in [-0.39, 0.29) is 0 Å². The highest BCUT2D eigenvalue weighted by molar-refractivity contribution is 6.64. The van der Waals surface area contributed by atoms with Gasteiger partial charge in [-0.2, -0.15) is 0 Å². The van der Waals surface area contributed by atoms with Gasteiger partial charge in [0.1, 0.15) is 0 Å². The van der Waals surface area contributed by atoms with Crippen molar-refractivity contribution < 1.29 is 9.59 Å². The predicted octanol–water partition coefficient (Wildman–Crippen LogP) is 6.41. The normalized spacial score (nSPS) is 12.0. The van der Waals surface area contributed by atoms with Crippen molar-refractivity contribution in [2.75, 3.05) is 6.54 Å². The third kappa shape index (κ3) is 20.4. The summed E-state index contributed by atoms with van der Waals surface area (Å²) in [6, 6.07) is 1.24. The SMILES string of the molecule is CC[Si](O)(O)CCCCCCCCCCCCCCCCCCCCN. The van der Waals surface area contributed by atoms with Crippen LogP contribution in [0.2, 0.25) is 12.1 Å². The summed E-state index contributed by atoms with van der Waals surface area (Å²) >= 11 is 0. The predicted molar refractivity (Wildman–Crippen MR) is 118 cm³/mol. The van der Waals surface area contributed by atoms with Gasteiger partial charge in [0.15, 0.2) is 0 Å². The lowest BCUT2D eigenvalue weighted by Gasteiger charge is -2.14. The van der Waals surface area contributed by atoms with Crippen LogP contribution >= 0.6 is 0 Å². The Morgan fingerprint density at radius 2 is 0.769 bits per heavy atom. The van der Waals surface area contributed by atoms with Gasteiger partial charge in [0.2, 0.25) is 0 Å². The molecule has 0 fully saturated rings. The fourth-order valence-corrected chi connectivity index (χ4v) is 4.73. The summed E-state index contributed by atoms with van der Waals surface area (Å²) in [6.45, 7) is 2.74. The first kappa shape index (κ1) is 26.1. The number of hydrogen-bond acceptors (Lipinski definition) is 3. The lowest BCUT2D eigenvalue weighted by atomic mass is 10.0. The van der Waals surface area contributed by atoms with Gasteiger partial charge in [-0.05, 0) is 25.1 Å². The van der Waals surface area contributed by atoms with Crippen LogP contribution in [0.15, 0.2) is 0 Å². The van der Waals surface area contributed by atoms with Crippen LogP contribution in [0.5, 0.6) is 0 Å². The molecule has 0 aromatic heterocycles. The molecule has 0 aliphatic rings. The lowest BCUT2D eigenvalue weighted by molar-refractivity contribution is 0.356. The molecule has 0 atom stereocenters. The fourth-order valence-electron chi connectivity index (χ4n) is 3.56. The summed E-state index contributed by atoms with van der Waals surface area (Å²) in [5, 5.41) is 0. The van der Waals surface area contributed by atoms with E-state index in [1.165, 1.54) is 109 Å². The quantitative estimate of drug-likeness (QED) is 0.157. The minimum atomic E-state index is -2.79. The Morgan fingerprint density at radius 3 is 1.04 bits per heavy atom. The average Bonchev–Trinajstić information content (AvgIpc) is 2.63. The molecule has 3 nitrogen and oxygen atoms in total. The molecule has 26 heavy (non-hydrogen) atoms. The number of rotatable bonds is 21. The average molecular weight is 388 g/mol. The summed E-state index contributed by atoms with van der Waals surface area (Å²) in [5.74, 6) is 0. The van der Waals surface area contributed by atoms with E-state index in [2.05, 4.69) is 0 Å². The molecule has 0 aromatic rings. The summed E-state index contributed by atoms with van der Waals surface area (Å²) in [6.07, 6.45) is 24.2. The molecule has 4 heteroatoms. The zero-order chi connectivity index (χ0) is 19.3. The third-order valence-electron chi connectivity index (χ3n) is 5.60. The second-order valence-corrected chi connectivity index (χ2v) is 11.4. The van der Waals surface area contributed by atoms with Crippen molar-refractivity contribution in [2.24, 2.45) is 5.73 Å². The molecule has 0 radical (unpaired) electrons. The maximum absolute atomic E-state index is 9.66. The van der Waals surface area contributed by atoms with Crippen molar-refractivity contribution in [3.05, 3.63) is 0 Å². The molecule has 158 valence electrons. The van der Waals surface area contributed by atoms with E-state index >= 15 is 0 Å². The highest BCUT2D eigenvalue weighted by atomic mass is 28.4. The van der Waals surface area contributed by atoms with Gasteiger partial charge in [0, 0.05) is 0 Å². The zero-order valence-corrected chi connectivity index (χ0v) is 18.8. The Hall–Kier alpha value is 0.0969. The first-order valence-corrected chi connectivity index (χ1v) is 14.1. The second-order valence-electron chi connectivity index (χ2n) is 8.24. The molecule has 0 rings (SSSR count). The van der Waals surface area contributed by atoms with Crippen LogP contribution in [-0.4, -0.2) is 24.7 Å². The molecule has 0 amide bonds. The third-order valence-corrected chi connectivity index (χ3v) is 7.88. The second kappa shape index (κ2) is 19.8. The van der Waals surface area contributed by atoms with E-state index in [1.807, 2.05) is 6.92 Å². The molecule has 0 aliphatic heterocycles. The maximum atomic E-state index is 9.66. The van der Waals surface area contributed by atoms with Crippen LogP contribution in [0.4, 0.5) is 0 Å². The van der Waals surface area contributed by atoms with Crippen LogP contribution < -0.4 is 5.73 Å². The molecule has 0 saturated carbocycles. The van der Waals surface area contributed by atoms with Crippen molar-refractivity contribution in [1.29, 1.82) is 0 Å². The zero-order valence-electron chi connectivity index (χ0n) is 17.8. The van der Waals surface area contributed by atoms with E-state index in [4.69, 9.17) is 5.73 Å². The molecule has 4 N–H and O–H groups in total. The van der Waals surface area contributed by atoms with Crippen LogP contribution in [0, 0.1) is 0 Å². The molecular weight excluding hydrogens is 338 g/mol. The van der Waals surface area contributed by atoms with Crippen molar-refractivity contribution in [3.63, 3.8) is 0 Å². The minimum Gasteiger partial charge on any atom is -0.411 e. The molecule has 0 aliphatic carbocycles. The molecule has 0 spiro atoms. The maximum Gasteiger partial charge on any atom is 0.332 e. The van der Waals surface area contributed by atoms with Crippen molar-refractivity contribution >= 4 is 8.56 Å². The molecule has 0 aromatic carbocycles. The van der Waals surface area contributed by atoms with Gasteiger partial charge < -0.3 is 15.3 Å². The van der Waals surface area contributed by atoms with Gasteiger partial charge >= 0.3 is 8.56 Å².